The molecule has 3 aromatic heterocycles. The largest absolute Gasteiger partial charge is 0.345 e. The van der Waals surface area contributed by atoms with Crippen LogP contribution in [0.4, 0.5) is 0 Å². The maximum absolute atomic E-state index is 12.4. The molecule has 0 radical (unpaired) electrons. The number of amides is 1. The molecule has 5 rings (SSSR count). The van der Waals surface area contributed by atoms with E-state index in [2.05, 4.69) is 20.4 Å². The zero-order chi connectivity index (χ0) is 16.8. The summed E-state index contributed by atoms with van der Waals surface area (Å²) >= 11 is 1.73. The molecule has 1 aliphatic carbocycles. The van der Waals surface area contributed by atoms with Gasteiger partial charge in [0.15, 0.2) is 5.65 Å². The Balaban J connectivity index is 1.50. The van der Waals surface area contributed by atoms with E-state index < -0.39 is 0 Å². The first kappa shape index (κ1) is 14.5. The summed E-state index contributed by atoms with van der Waals surface area (Å²) in [7, 11) is 0. The molecule has 25 heavy (non-hydrogen) atoms. The van der Waals surface area contributed by atoms with E-state index in [0.29, 0.717) is 6.54 Å². The van der Waals surface area contributed by atoms with Crippen molar-refractivity contribution < 1.29 is 4.79 Å². The highest BCUT2D eigenvalue weighted by Gasteiger charge is 2.23. The molecule has 0 saturated carbocycles. The summed E-state index contributed by atoms with van der Waals surface area (Å²) in [6, 6.07) is 9.79. The monoisotopic (exact) mass is 349 g/mol. The van der Waals surface area contributed by atoms with E-state index in [9.17, 15) is 4.79 Å². The Morgan fingerprint density at radius 2 is 2.12 bits per heavy atom. The van der Waals surface area contributed by atoms with Gasteiger partial charge in [0, 0.05) is 11.4 Å². The van der Waals surface area contributed by atoms with Crippen LogP contribution in [0.3, 0.4) is 0 Å². The van der Waals surface area contributed by atoms with Crippen LogP contribution in [0.25, 0.3) is 15.9 Å². The third-order valence-electron chi connectivity index (χ3n) is 4.54. The minimum Gasteiger partial charge on any atom is -0.345 e. The molecular formula is C18H15N5OS. The summed E-state index contributed by atoms with van der Waals surface area (Å²) in [4.78, 5) is 23.8. The van der Waals surface area contributed by atoms with Crippen molar-refractivity contribution in [3.05, 3.63) is 58.5 Å². The van der Waals surface area contributed by atoms with Gasteiger partial charge in [-0.2, -0.15) is 0 Å². The second kappa shape index (κ2) is 5.63. The first-order chi connectivity index (χ1) is 12.3. The zero-order valence-electron chi connectivity index (χ0n) is 13.4. The average molecular weight is 349 g/mol. The molecule has 0 fully saturated rings. The Morgan fingerprint density at radius 1 is 1.24 bits per heavy atom. The minimum atomic E-state index is -0.271. The van der Waals surface area contributed by atoms with Crippen LogP contribution in [0.2, 0.25) is 0 Å². The molecule has 6 nitrogen and oxygen atoms in total. The molecule has 0 bridgehead atoms. The quantitative estimate of drug-likeness (QED) is 0.617. The highest BCUT2D eigenvalue weighted by atomic mass is 32.1. The third kappa shape index (κ3) is 2.39. The van der Waals surface area contributed by atoms with Crippen molar-refractivity contribution in [1.29, 1.82) is 0 Å². The molecule has 0 atom stereocenters. The van der Waals surface area contributed by atoms with Gasteiger partial charge in [0.1, 0.15) is 11.2 Å². The standard InChI is InChI=1S/C18H15N5OS/c24-17(19-9-11-5-2-1-3-6-11)15-21-16-14-12-7-4-8-13(12)25-18(14)20-10-23(16)22-15/h1-3,5-6,10H,4,7-9H2,(H,19,24). The Bertz CT molecular complexity index is 1100. The van der Waals surface area contributed by atoms with Crippen LogP contribution < -0.4 is 5.32 Å². The highest BCUT2D eigenvalue weighted by Crippen LogP contribution is 2.37. The number of hydrogen-bond donors (Lipinski definition) is 1. The van der Waals surface area contributed by atoms with Crippen LogP contribution in [-0.2, 0) is 19.4 Å². The average Bonchev–Trinajstić information content (AvgIpc) is 3.33. The summed E-state index contributed by atoms with van der Waals surface area (Å²) < 4.78 is 1.62. The van der Waals surface area contributed by atoms with Gasteiger partial charge in [0.2, 0.25) is 5.82 Å². The van der Waals surface area contributed by atoms with Gasteiger partial charge in [-0.1, -0.05) is 30.3 Å². The lowest BCUT2D eigenvalue weighted by Gasteiger charge is -2.01. The molecule has 1 amide bonds. The number of carbonyl (C=O) groups is 1. The SMILES string of the molecule is O=C(NCc1ccccc1)c1nc2c3c4c(sc3ncn2n1)CCC4. The summed E-state index contributed by atoms with van der Waals surface area (Å²) in [6.07, 6.45) is 4.99. The van der Waals surface area contributed by atoms with Gasteiger partial charge in [-0.15, -0.1) is 16.4 Å². The number of fused-ring (bicyclic) bond motifs is 5. The van der Waals surface area contributed by atoms with Crippen molar-refractivity contribution in [1.82, 2.24) is 24.9 Å². The first-order valence-corrected chi connectivity index (χ1v) is 9.09. The van der Waals surface area contributed by atoms with E-state index in [1.807, 2.05) is 30.3 Å². The fourth-order valence-electron chi connectivity index (χ4n) is 3.35. The normalized spacial score (nSPS) is 13.4. The van der Waals surface area contributed by atoms with Crippen LogP contribution in [0, 0.1) is 0 Å². The minimum absolute atomic E-state index is 0.183. The van der Waals surface area contributed by atoms with Crippen molar-refractivity contribution in [3.8, 4) is 0 Å². The fraction of sp³-hybridized carbons (Fsp3) is 0.222. The number of thiophene rings is 1. The van der Waals surface area contributed by atoms with Crippen LogP contribution in [0.5, 0.6) is 0 Å². The Hall–Kier alpha value is -2.80. The predicted molar refractivity (Wildman–Crippen MR) is 95.8 cm³/mol. The third-order valence-corrected chi connectivity index (χ3v) is 5.74. The Labute approximate surface area is 147 Å². The lowest BCUT2D eigenvalue weighted by molar-refractivity contribution is 0.0941. The number of aromatic nitrogens is 4. The van der Waals surface area contributed by atoms with Gasteiger partial charge in [0.25, 0.3) is 5.91 Å². The maximum atomic E-state index is 12.4. The number of benzene rings is 1. The van der Waals surface area contributed by atoms with Crippen molar-refractivity contribution in [2.75, 3.05) is 0 Å². The van der Waals surface area contributed by atoms with E-state index in [1.165, 1.54) is 16.9 Å². The van der Waals surface area contributed by atoms with Gasteiger partial charge < -0.3 is 5.32 Å². The summed E-state index contributed by atoms with van der Waals surface area (Å²) in [5.41, 5.74) is 3.11. The summed E-state index contributed by atoms with van der Waals surface area (Å²) in [5.74, 6) is -0.0873. The molecule has 7 heteroatoms. The molecule has 0 unspecified atom stereocenters. The van der Waals surface area contributed by atoms with Gasteiger partial charge in [-0.25, -0.2) is 14.5 Å². The molecule has 0 spiro atoms. The molecule has 4 aromatic rings. The molecule has 1 N–H and O–H groups in total. The van der Waals surface area contributed by atoms with E-state index in [-0.39, 0.29) is 11.7 Å². The number of carbonyl (C=O) groups excluding carboxylic acids is 1. The molecule has 1 aliphatic rings. The van der Waals surface area contributed by atoms with Crippen LogP contribution in [0.15, 0.2) is 36.7 Å². The molecule has 3 heterocycles. The van der Waals surface area contributed by atoms with E-state index >= 15 is 0 Å². The molecule has 124 valence electrons. The number of rotatable bonds is 3. The van der Waals surface area contributed by atoms with Gasteiger partial charge in [-0.05, 0) is 30.4 Å². The summed E-state index contributed by atoms with van der Waals surface area (Å²) in [6.45, 7) is 0.455. The number of hydrogen-bond acceptors (Lipinski definition) is 5. The van der Waals surface area contributed by atoms with Crippen molar-refractivity contribution >= 4 is 33.1 Å². The van der Waals surface area contributed by atoms with E-state index in [0.717, 1.165) is 34.3 Å². The maximum Gasteiger partial charge on any atom is 0.291 e. The molecule has 0 saturated heterocycles. The van der Waals surface area contributed by atoms with E-state index in [4.69, 9.17) is 0 Å². The Kier molecular flexibility index (Phi) is 3.27. The Morgan fingerprint density at radius 3 is 3.00 bits per heavy atom. The molecule has 1 aromatic carbocycles. The van der Waals surface area contributed by atoms with Gasteiger partial charge in [-0.3, -0.25) is 4.79 Å². The lowest BCUT2D eigenvalue weighted by Crippen LogP contribution is -2.24. The molecule has 0 aliphatic heterocycles. The van der Waals surface area contributed by atoms with Gasteiger partial charge >= 0.3 is 0 Å². The highest BCUT2D eigenvalue weighted by molar-refractivity contribution is 7.19. The fourth-order valence-corrected chi connectivity index (χ4v) is 4.57. The van der Waals surface area contributed by atoms with Crippen LogP contribution >= 0.6 is 11.3 Å². The van der Waals surface area contributed by atoms with Gasteiger partial charge in [0.05, 0.1) is 5.39 Å². The number of nitrogens with zero attached hydrogens (tertiary/aromatic N) is 4. The van der Waals surface area contributed by atoms with Crippen LogP contribution in [0.1, 0.15) is 33.0 Å². The summed E-state index contributed by atoms with van der Waals surface area (Å²) in [5, 5.41) is 8.26. The topological polar surface area (TPSA) is 72.2 Å². The second-order valence-corrected chi connectivity index (χ2v) is 7.24. The van der Waals surface area contributed by atoms with Crippen molar-refractivity contribution in [3.63, 3.8) is 0 Å². The van der Waals surface area contributed by atoms with Crippen LogP contribution in [-0.4, -0.2) is 25.5 Å². The second-order valence-electron chi connectivity index (χ2n) is 6.15. The zero-order valence-corrected chi connectivity index (χ0v) is 14.2. The van der Waals surface area contributed by atoms with Crippen molar-refractivity contribution in [2.45, 2.75) is 25.8 Å². The van der Waals surface area contributed by atoms with Crippen molar-refractivity contribution in [2.24, 2.45) is 0 Å². The predicted octanol–water partition coefficient (Wildman–Crippen LogP) is 2.76. The smallest absolute Gasteiger partial charge is 0.291 e. The van der Waals surface area contributed by atoms with E-state index in [1.54, 1.807) is 22.2 Å². The lowest BCUT2D eigenvalue weighted by atomic mass is 10.2. The number of nitrogens with one attached hydrogen (secondary N) is 1. The first-order valence-electron chi connectivity index (χ1n) is 8.27. The number of aryl methyl sites for hydroxylation is 2. The molecular weight excluding hydrogens is 334 g/mol.